The molecular weight excluding hydrogens is 244 g/mol. The van der Waals surface area contributed by atoms with Crippen molar-refractivity contribution >= 4 is 22.5 Å². The molecule has 1 heterocycles. The van der Waals surface area contributed by atoms with Gasteiger partial charge in [-0.1, -0.05) is 62.8 Å². The van der Waals surface area contributed by atoms with Gasteiger partial charge < -0.3 is 0 Å². The van der Waals surface area contributed by atoms with Crippen LogP contribution in [0.15, 0.2) is 24.3 Å². The van der Waals surface area contributed by atoms with Crippen LogP contribution in [0, 0.1) is 0 Å². The van der Waals surface area contributed by atoms with Crippen molar-refractivity contribution in [2.45, 2.75) is 52.0 Å². The second-order valence-electron chi connectivity index (χ2n) is 4.80. The molecule has 0 unspecified atom stereocenters. The summed E-state index contributed by atoms with van der Waals surface area (Å²) in [7, 11) is 0. The van der Waals surface area contributed by atoms with E-state index in [2.05, 4.69) is 18.1 Å². The molecule has 0 atom stereocenters. The third kappa shape index (κ3) is 3.26. The van der Waals surface area contributed by atoms with Crippen LogP contribution in [0.5, 0.6) is 0 Å². The molecule has 2 nitrogen and oxygen atoms in total. The molecule has 0 saturated heterocycles. The van der Waals surface area contributed by atoms with Crippen molar-refractivity contribution < 1.29 is 0 Å². The summed E-state index contributed by atoms with van der Waals surface area (Å²) in [5, 5.41) is 6.09. The van der Waals surface area contributed by atoms with Gasteiger partial charge in [0.1, 0.15) is 0 Å². The molecule has 98 valence electrons. The van der Waals surface area contributed by atoms with Crippen molar-refractivity contribution in [3.63, 3.8) is 0 Å². The zero-order chi connectivity index (χ0) is 12.8. The predicted molar refractivity (Wildman–Crippen MR) is 78.1 cm³/mol. The first-order chi connectivity index (χ1) is 8.83. The van der Waals surface area contributed by atoms with Gasteiger partial charge in [-0.05, 0) is 18.6 Å². The highest BCUT2D eigenvalue weighted by atomic mass is 35.5. The zero-order valence-corrected chi connectivity index (χ0v) is 11.8. The number of benzene rings is 1. The van der Waals surface area contributed by atoms with Crippen LogP contribution >= 0.6 is 11.6 Å². The Balaban J connectivity index is 1.88. The lowest BCUT2D eigenvalue weighted by molar-refractivity contribution is 0.537. The normalized spacial score (nSPS) is 11.2. The Morgan fingerprint density at radius 1 is 1.06 bits per heavy atom. The quantitative estimate of drug-likeness (QED) is 0.640. The van der Waals surface area contributed by atoms with Crippen LogP contribution in [0.4, 0.5) is 0 Å². The number of aryl methyl sites for hydroxylation is 1. The minimum atomic E-state index is 0.622. The summed E-state index contributed by atoms with van der Waals surface area (Å²) in [5.41, 5.74) is 1.15. The molecule has 0 spiro atoms. The molecule has 0 saturated carbocycles. The first-order valence-electron chi connectivity index (χ1n) is 6.94. The summed E-state index contributed by atoms with van der Waals surface area (Å²) in [6.45, 7) is 3.22. The van der Waals surface area contributed by atoms with Crippen molar-refractivity contribution in [3.05, 3.63) is 29.4 Å². The number of para-hydroxylation sites is 1. The number of halogens is 1. The summed E-state index contributed by atoms with van der Waals surface area (Å²) < 4.78 is 2.04. The molecule has 1 aromatic heterocycles. The van der Waals surface area contributed by atoms with Crippen LogP contribution in [-0.2, 0) is 6.54 Å². The van der Waals surface area contributed by atoms with E-state index < -0.39 is 0 Å². The van der Waals surface area contributed by atoms with Crippen LogP contribution in [0.3, 0.4) is 0 Å². The van der Waals surface area contributed by atoms with Crippen LogP contribution in [0.25, 0.3) is 10.9 Å². The van der Waals surface area contributed by atoms with E-state index in [1.807, 2.05) is 22.9 Å². The van der Waals surface area contributed by atoms with E-state index in [0.29, 0.717) is 5.15 Å². The van der Waals surface area contributed by atoms with Gasteiger partial charge in [0, 0.05) is 11.9 Å². The van der Waals surface area contributed by atoms with Gasteiger partial charge in [-0.3, -0.25) is 4.68 Å². The number of unbranched alkanes of at least 4 members (excludes halogenated alkanes) is 5. The monoisotopic (exact) mass is 264 g/mol. The van der Waals surface area contributed by atoms with Crippen molar-refractivity contribution in [3.8, 4) is 0 Å². The van der Waals surface area contributed by atoms with Crippen LogP contribution in [0.1, 0.15) is 45.4 Å². The minimum Gasteiger partial charge on any atom is -0.263 e. The van der Waals surface area contributed by atoms with E-state index in [-0.39, 0.29) is 0 Å². The third-order valence-electron chi connectivity index (χ3n) is 3.34. The van der Waals surface area contributed by atoms with Gasteiger partial charge in [0.15, 0.2) is 5.15 Å². The minimum absolute atomic E-state index is 0.622. The summed E-state index contributed by atoms with van der Waals surface area (Å²) >= 11 is 6.13. The molecule has 0 fully saturated rings. The summed E-state index contributed by atoms with van der Waals surface area (Å²) in [6.07, 6.45) is 7.82. The van der Waals surface area contributed by atoms with E-state index in [9.17, 15) is 0 Å². The second-order valence-corrected chi connectivity index (χ2v) is 5.16. The Morgan fingerprint density at radius 3 is 2.61 bits per heavy atom. The Morgan fingerprint density at radius 2 is 1.78 bits per heavy atom. The first kappa shape index (κ1) is 13.4. The Labute approximate surface area is 114 Å². The number of aromatic nitrogens is 2. The molecule has 0 radical (unpaired) electrons. The fourth-order valence-corrected chi connectivity index (χ4v) is 2.55. The maximum atomic E-state index is 6.13. The van der Waals surface area contributed by atoms with Gasteiger partial charge >= 0.3 is 0 Å². The second kappa shape index (κ2) is 6.79. The third-order valence-corrected chi connectivity index (χ3v) is 3.62. The number of fused-ring (bicyclic) bond motifs is 1. The lowest BCUT2D eigenvalue weighted by Crippen LogP contribution is -1.99. The Hall–Kier alpha value is -1.02. The molecule has 2 rings (SSSR count). The zero-order valence-electron chi connectivity index (χ0n) is 11.0. The maximum Gasteiger partial charge on any atom is 0.158 e. The molecule has 0 amide bonds. The molecule has 0 aliphatic carbocycles. The van der Waals surface area contributed by atoms with Gasteiger partial charge in [0.2, 0.25) is 0 Å². The number of hydrogen-bond donors (Lipinski definition) is 0. The molecule has 0 aliphatic heterocycles. The Kier molecular flexibility index (Phi) is 5.06. The van der Waals surface area contributed by atoms with Gasteiger partial charge in [0.05, 0.1) is 5.52 Å². The number of nitrogens with zero attached hydrogens (tertiary/aromatic N) is 2. The fourth-order valence-electron chi connectivity index (χ4n) is 2.30. The molecule has 1 aromatic carbocycles. The van der Waals surface area contributed by atoms with E-state index in [4.69, 9.17) is 11.6 Å². The topological polar surface area (TPSA) is 17.8 Å². The van der Waals surface area contributed by atoms with E-state index >= 15 is 0 Å². The smallest absolute Gasteiger partial charge is 0.158 e. The largest absolute Gasteiger partial charge is 0.263 e. The van der Waals surface area contributed by atoms with Gasteiger partial charge in [-0.2, -0.15) is 5.10 Å². The van der Waals surface area contributed by atoms with Crippen molar-refractivity contribution in [1.82, 2.24) is 9.78 Å². The van der Waals surface area contributed by atoms with Crippen LogP contribution < -0.4 is 0 Å². The average molecular weight is 265 g/mol. The summed E-state index contributed by atoms with van der Waals surface area (Å²) in [5.74, 6) is 0. The lowest BCUT2D eigenvalue weighted by atomic mass is 10.1. The molecule has 0 N–H and O–H groups in total. The van der Waals surface area contributed by atoms with Gasteiger partial charge in [0.25, 0.3) is 0 Å². The van der Waals surface area contributed by atoms with E-state index in [1.54, 1.807) is 0 Å². The number of hydrogen-bond acceptors (Lipinski definition) is 1. The van der Waals surface area contributed by atoms with Crippen molar-refractivity contribution in [2.75, 3.05) is 0 Å². The standard InChI is InChI=1S/C15H21ClN2/c1-2-3-4-5-6-9-12-18-14-11-8-7-10-13(14)15(16)17-18/h7-8,10-11H,2-6,9,12H2,1H3. The van der Waals surface area contributed by atoms with Crippen molar-refractivity contribution in [2.24, 2.45) is 0 Å². The molecule has 0 aliphatic rings. The average Bonchev–Trinajstić information content (AvgIpc) is 2.71. The van der Waals surface area contributed by atoms with Crippen LogP contribution in [-0.4, -0.2) is 9.78 Å². The van der Waals surface area contributed by atoms with Crippen molar-refractivity contribution in [1.29, 1.82) is 0 Å². The number of rotatable bonds is 7. The van der Waals surface area contributed by atoms with Crippen LogP contribution in [0.2, 0.25) is 5.15 Å². The summed E-state index contributed by atoms with van der Waals surface area (Å²) in [4.78, 5) is 0. The SMILES string of the molecule is CCCCCCCCn1nc(Cl)c2ccccc21. The predicted octanol–water partition coefficient (Wildman–Crippen LogP) is 5.05. The molecular formula is C15H21ClN2. The maximum absolute atomic E-state index is 6.13. The summed E-state index contributed by atoms with van der Waals surface area (Å²) in [6, 6.07) is 8.16. The highest BCUT2D eigenvalue weighted by Gasteiger charge is 2.06. The van der Waals surface area contributed by atoms with E-state index in [1.165, 1.54) is 38.5 Å². The first-order valence-corrected chi connectivity index (χ1v) is 7.31. The molecule has 18 heavy (non-hydrogen) atoms. The highest BCUT2D eigenvalue weighted by molar-refractivity contribution is 6.34. The highest BCUT2D eigenvalue weighted by Crippen LogP contribution is 2.22. The molecule has 0 bridgehead atoms. The van der Waals surface area contributed by atoms with E-state index in [0.717, 1.165) is 17.4 Å². The fraction of sp³-hybridized carbons (Fsp3) is 0.533. The van der Waals surface area contributed by atoms with Gasteiger partial charge in [-0.25, -0.2) is 0 Å². The van der Waals surface area contributed by atoms with Gasteiger partial charge in [-0.15, -0.1) is 0 Å². The molecule has 3 heteroatoms. The lowest BCUT2D eigenvalue weighted by Gasteiger charge is -2.03. The Bertz CT molecular complexity index is 490. The molecule has 2 aromatic rings.